The second-order valence-electron chi connectivity index (χ2n) is 5.26. The maximum atomic E-state index is 12.0. The molecule has 2 rings (SSSR count). The Morgan fingerprint density at radius 3 is 2.29 bits per heavy atom. The van der Waals surface area contributed by atoms with E-state index in [2.05, 4.69) is 6.58 Å². The Morgan fingerprint density at radius 1 is 1.14 bits per heavy atom. The van der Waals surface area contributed by atoms with Crippen molar-refractivity contribution in [3.8, 4) is 0 Å². The largest absolute Gasteiger partial charge is 0.481 e. The Balaban J connectivity index is 1.82. The summed E-state index contributed by atoms with van der Waals surface area (Å²) in [5.74, 6) is -3.84. The van der Waals surface area contributed by atoms with E-state index in [0.29, 0.717) is 12.8 Å². The van der Waals surface area contributed by atoms with Gasteiger partial charge in [-0.2, -0.15) is 0 Å². The average Bonchev–Trinajstić information content (AvgIpc) is 3.03. The predicted octanol–water partition coefficient (Wildman–Crippen LogP) is 0.527. The number of carboxylic acid groups (broad SMARTS) is 1. The van der Waals surface area contributed by atoms with Gasteiger partial charge in [-0.25, -0.2) is 4.79 Å². The van der Waals surface area contributed by atoms with Crippen molar-refractivity contribution in [3.05, 3.63) is 12.2 Å². The molecule has 116 valence electrons. The van der Waals surface area contributed by atoms with E-state index in [4.69, 9.17) is 14.2 Å². The lowest BCUT2D eigenvalue weighted by Crippen LogP contribution is -2.39. The van der Waals surface area contributed by atoms with Crippen molar-refractivity contribution in [2.45, 2.75) is 32.0 Å². The van der Waals surface area contributed by atoms with Crippen LogP contribution in [0, 0.1) is 11.8 Å². The maximum absolute atomic E-state index is 12.0. The molecule has 0 aromatic carbocycles. The van der Waals surface area contributed by atoms with Crippen LogP contribution in [0.4, 0.5) is 0 Å². The predicted molar refractivity (Wildman–Crippen MR) is 69.2 cm³/mol. The zero-order valence-electron chi connectivity index (χ0n) is 11.7. The first-order chi connectivity index (χ1) is 9.91. The number of hydrogen-bond acceptors (Lipinski definition) is 6. The minimum absolute atomic E-state index is 0.0865. The van der Waals surface area contributed by atoms with Gasteiger partial charge in [0.15, 0.2) is 0 Å². The lowest BCUT2D eigenvalue weighted by Gasteiger charge is -2.23. The van der Waals surface area contributed by atoms with Crippen molar-refractivity contribution < 1.29 is 33.7 Å². The zero-order chi connectivity index (χ0) is 15.6. The third-order valence-corrected chi connectivity index (χ3v) is 3.74. The van der Waals surface area contributed by atoms with E-state index >= 15 is 0 Å². The number of fused-ring (bicyclic) bond motifs is 2. The second-order valence-corrected chi connectivity index (χ2v) is 5.26. The third kappa shape index (κ3) is 3.24. The van der Waals surface area contributed by atoms with Crippen molar-refractivity contribution >= 4 is 17.9 Å². The Hall–Kier alpha value is -1.89. The summed E-state index contributed by atoms with van der Waals surface area (Å²) in [5, 5.41) is 9.19. The van der Waals surface area contributed by atoms with Gasteiger partial charge in [-0.05, 0) is 19.8 Å². The van der Waals surface area contributed by atoms with Crippen molar-refractivity contribution in [1.82, 2.24) is 0 Å². The van der Waals surface area contributed by atoms with Gasteiger partial charge in [0.1, 0.15) is 13.2 Å². The molecule has 7 heteroatoms. The van der Waals surface area contributed by atoms with E-state index in [0.717, 1.165) is 0 Å². The number of rotatable bonds is 6. The van der Waals surface area contributed by atoms with Crippen LogP contribution in [0.2, 0.25) is 0 Å². The topological polar surface area (TPSA) is 99.1 Å². The normalized spacial score (nSPS) is 30.0. The number of carbonyl (C=O) groups excluding carboxylic acids is 2. The number of hydrogen-bond donors (Lipinski definition) is 1. The highest BCUT2D eigenvalue weighted by Gasteiger charge is 2.56. The van der Waals surface area contributed by atoms with Gasteiger partial charge in [0.2, 0.25) is 0 Å². The first-order valence-corrected chi connectivity index (χ1v) is 6.79. The first kappa shape index (κ1) is 15.5. The van der Waals surface area contributed by atoms with Crippen LogP contribution < -0.4 is 0 Å². The molecule has 0 radical (unpaired) electrons. The maximum Gasteiger partial charge on any atom is 0.333 e. The molecule has 0 saturated carbocycles. The Bertz CT molecular complexity index is 470. The number of aliphatic carboxylic acids is 1. The Kier molecular flexibility index (Phi) is 4.62. The van der Waals surface area contributed by atoms with Crippen molar-refractivity contribution in [2.75, 3.05) is 13.2 Å². The van der Waals surface area contributed by atoms with Gasteiger partial charge >= 0.3 is 17.9 Å². The standard InChI is InChI=1S/C14H18O7/c1-7(2)13(17)19-5-6-20-14(18)11-9-4-3-8(21-9)10(11)12(15)16/h8-11H,1,3-6H2,2H3,(H,15,16). The highest BCUT2D eigenvalue weighted by atomic mass is 16.6. The molecular formula is C14H18O7. The van der Waals surface area contributed by atoms with Gasteiger partial charge < -0.3 is 19.3 Å². The monoisotopic (exact) mass is 298 g/mol. The lowest BCUT2D eigenvalue weighted by atomic mass is 9.79. The van der Waals surface area contributed by atoms with Crippen LogP contribution in [-0.4, -0.2) is 48.4 Å². The summed E-state index contributed by atoms with van der Waals surface area (Å²) in [6.45, 7) is 4.74. The van der Waals surface area contributed by atoms with Gasteiger partial charge in [0.05, 0.1) is 24.0 Å². The SMILES string of the molecule is C=C(C)C(=O)OCCOC(=O)C1C2CCC(O2)C1C(=O)O. The number of esters is 2. The molecule has 0 amide bonds. The molecule has 21 heavy (non-hydrogen) atoms. The van der Waals surface area contributed by atoms with Gasteiger partial charge in [0.25, 0.3) is 0 Å². The van der Waals surface area contributed by atoms with Crippen LogP contribution in [0.3, 0.4) is 0 Å². The molecule has 2 aliphatic rings. The third-order valence-electron chi connectivity index (χ3n) is 3.74. The quantitative estimate of drug-likeness (QED) is 0.433. The molecule has 2 fully saturated rings. The van der Waals surface area contributed by atoms with E-state index < -0.39 is 35.8 Å². The zero-order valence-corrected chi connectivity index (χ0v) is 11.7. The number of ether oxygens (including phenoxy) is 3. The van der Waals surface area contributed by atoms with Crippen molar-refractivity contribution in [3.63, 3.8) is 0 Å². The summed E-state index contributed by atoms with van der Waals surface area (Å²) in [5.41, 5.74) is 0.258. The van der Waals surface area contributed by atoms with E-state index in [1.54, 1.807) is 0 Å². The van der Waals surface area contributed by atoms with Gasteiger partial charge in [-0.1, -0.05) is 6.58 Å². The van der Waals surface area contributed by atoms with Gasteiger partial charge in [0, 0.05) is 5.57 Å². The first-order valence-electron chi connectivity index (χ1n) is 6.79. The molecule has 2 aliphatic heterocycles. The van der Waals surface area contributed by atoms with Crippen LogP contribution in [0.1, 0.15) is 19.8 Å². The smallest absolute Gasteiger partial charge is 0.333 e. The summed E-state index contributed by atoms with van der Waals surface area (Å²) < 4.78 is 15.3. The van der Waals surface area contributed by atoms with E-state index in [-0.39, 0.29) is 24.9 Å². The highest BCUT2D eigenvalue weighted by Crippen LogP contribution is 2.44. The summed E-state index contributed by atoms with van der Waals surface area (Å²) in [7, 11) is 0. The summed E-state index contributed by atoms with van der Waals surface area (Å²) in [6, 6.07) is 0. The molecule has 2 heterocycles. The molecule has 0 aliphatic carbocycles. The fourth-order valence-electron chi connectivity index (χ4n) is 2.79. The highest BCUT2D eigenvalue weighted by molar-refractivity contribution is 5.87. The van der Waals surface area contributed by atoms with Crippen LogP contribution in [0.15, 0.2) is 12.2 Å². The molecule has 2 saturated heterocycles. The second kappa shape index (κ2) is 6.26. The fraction of sp³-hybridized carbons (Fsp3) is 0.643. The van der Waals surface area contributed by atoms with Crippen LogP contribution in [0.5, 0.6) is 0 Å². The Morgan fingerprint density at radius 2 is 1.71 bits per heavy atom. The van der Waals surface area contributed by atoms with E-state index in [1.165, 1.54) is 6.92 Å². The van der Waals surface area contributed by atoms with Gasteiger partial charge in [-0.3, -0.25) is 9.59 Å². The fourth-order valence-corrected chi connectivity index (χ4v) is 2.79. The van der Waals surface area contributed by atoms with Crippen molar-refractivity contribution in [2.24, 2.45) is 11.8 Å². The number of carbonyl (C=O) groups is 3. The number of carboxylic acids is 1. The molecule has 1 N–H and O–H groups in total. The van der Waals surface area contributed by atoms with Crippen LogP contribution >= 0.6 is 0 Å². The molecule has 2 bridgehead atoms. The van der Waals surface area contributed by atoms with Crippen LogP contribution in [0.25, 0.3) is 0 Å². The Labute approximate surface area is 121 Å². The molecular weight excluding hydrogens is 280 g/mol. The minimum atomic E-state index is -1.04. The van der Waals surface area contributed by atoms with E-state index in [1.807, 2.05) is 0 Å². The molecule has 0 spiro atoms. The molecule has 0 aromatic rings. The summed E-state index contributed by atoms with van der Waals surface area (Å²) in [4.78, 5) is 34.4. The van der Waals surface area contributed by atoms with Gasteiger partial charge in [-0.15, -0.1) is 0 Å². The molecule has 4 atom stereocenters. The average molecular weight is 298 g/mol. The summed E-state index contributed by atoms with van der Waals surface area (Å²) in [6.07, 6.45) is 0.522. The summed E-state index contributed by atoms with van der Waals surface area (Å²) >= 11 is 0. The lowest BCUT2D eigenvalue weighted by molar-refractivity contribution is -0.160. The van der Waals surface area contributed by atoms with E-state index in [9.17, 15) is 19.5 Å². The molecule has 7 nitrogen and oxygen atoms in total. The molecule has 4 unspecified atom stereocenters. The minimum Gasteiger partial charge on any atom is -0.481 e. The van der Waals surface area contributed by atoms with Crippen molar-refractivity contribution in [1.29, 1.82) is 0 Å². The molecule has 0 aromatic heterocycles. The van der Waals surface area contributed by atoms with Crippen LogP contribution in [-0.2, 0) is 28.6 Å².